The van der Waals surface area contributed by atoms with E-state index in [9.17, 15) is 14.7 Å². The molecule has 3 rings (SSSR count). The summed E-state index contributed by atoms with van der Waals surface area (Å²) in [7, 11) is 0. The minimum absolute atomic E-state index is 0.135. The van der Waals surface area contributed by atoms with Crippen molar-refractivity contribution in [2.75, 3.05) is 13.2 Å². The molecule has 35 heavy (non-hydrogen) atoms. The number of aliphatic hydroxyl groups is 1. The molecule has 1 amide bonds. The van der Waals surface area contributed by atoms with Crippen LogP contribution in [-0.4, -0.2) is 34.8 Å². The maximum atomic E-state index is 13.3. The van der Waals surface area contributed by atoms with Gasteiger partial charge in [0.2, 0.25) is 0 Å². The Balaban J connectivity index is 2.14. The van der Waals surface area contributed by atoms with Crippen molar-refractivity contribution in [1.82, 2.24) is 4.90 Å². The Morgan fingerprint density at radius 3 is 2.23 bits per heavy atom. The first kappa shape index (κ1) is 26.5. The predicted molar refractivity (Wildman–Crippen MR) is 141 cm³/mol. The summed E-state index contributed by atoms with van der Waals surface area (Å²) in [6.07, 6.45) is 2.80. The highest BCUT2D eigenvalue weighted by atomic mass is 16.5. The van der Waals surface area contributed by atoms with Crippen molar-refractivity contribution in [3.8, 4) is 5.75 Å². The van der Waals surface area contributed by atoms with Crippen molar-refractivity contribution in [2.24, 2.45) is 0 Å². The highest BCUT2D eigenvalue weighted by Gasteiger charge is 2.45. The first-order valence-corrected chi connectivity index (χ1v) is 12.9. The Morgan fingerprint density at radius 2 is 1.66 bits per heavy atom. The number of hydrogen-bond acceptors (Lipinski definition) is 4. The summed E-state index contributed by atoms with van der Waals surface area (Å²) in [5, 5.41) is 11.4. The second kappa shape index (κ2) is 11.6. The summed E-state index contributed by atoms with van der Waals surface area (Å²) in [6, 6.07) is 12.9. The zero-order valence-corrected chi connectivity index (χ0v) is 21.9. The van der Waals surface area contributed by atoms with E-state index in [1.54, 1.807) is 11.0 Å². The van der Waals surface area contributed by atoms with Crippen molar-refractivity contribution in [3.05, 3.63) is 70.3 Å². The summed E-state index contributed by atoms with van der Waals surface area (Å²) >= 11 is 0. The summed E-state index contributed by atoms with van der Waals surface area (Å²) in [4.78, 5) is 28.0. The first-order chi connectivity index (χ1) is 16.7. The van der Waals surface area contributed by atoms with Crippen LogP contribution in [0.15, 0.2) is 48.0 Å². The number of ketones is 1. The fourth-order valence-corrected chi connectivity index (χ4v) is 4.64. The Labute approximate surface area is 209 Å². The minimum Gasteiger partial charge on any atom is -0.507 e. The van der Waals surface area contributed by atoms with E-state index in [1.165, 1.54) is 5.56 Å². The molecule has 2 aromatic rings. The van der Waals surface area contributed by atoms with Gasteiger partial charge < -0.3 is 14.7 Å². The molecule has 1 aliphatic heterocycles. The molecule has 0 bridgehead atoms. The van der Waals surface area contributed by atoms with Crippen LogP contribution in [0.1, 0.15) is 101 Å². The summed E-state index contributed by atoms with van der Waals surface area (Å²) in [6.45, 7) is 13.4. The Hall–Kier alpha value is -3.08. The predicted octanol–water partition coefficient (Wildman–Crippen LogP) is 6.94. The molecule has 1 N–H and O–H groups in total. The highest BCUT2D eigenvalue weighted by molar-refractivity contribution is 6.46. The highest BCUT2D eigenvalue weighted by Crippen LogP contribution is 2.41. The van der Waals surface area contributed by atoms with Gasteiger partial charge in [0.25, 0.3) is 11.7 Å². The maximum Gasteiger partial charge on any atom is 0.295 e. The summed E-state index contributed by atoms with van der Waals surface area (Å²) in [5.74, 6) is -0.00459. The first-order valence-electron chi connectivity index (χ1n) is 12.9. The van der Waals surface area contributed by atoms with Crippen molar-refractivity contribution < 1.29 is 19.4 Å². The minimum atomic E-state index is -0.628. The van der Waals surface area contributed by atoms with Crippen LogP contribution in [0.3, 0.4) is 0 Å². The fraction of sp³-hybridized carbons (Fsp3) is 0.467. The van der Waals surface area contributed by atoms with Gasteiger partial charge in [0.05, 0.1) is 18.2 Å². The Morgan fingerprint density at radius 1 is 0.971 bits per heavy atom. The monoisotopic (exact) mass is 477 g/mol. The zero-order chi connectivity index (χ0) is 25.7. The van der Waals surface area contributed by atoms with Crippen molar-refractivity contribution in [1.29, 1.82) is 0 Å². The molecular weight excluding hydrogens is 438 g/mol. The smallest absolute Gasteiger partial charge is 0.295 e. The number of likely N-dealkylation sites (tertiary alicyclic amines) is 1. The van der Waals surface area contributed by atoms with Gasteiger partial charge in [-0.15, -0.1) is 0 Å². The van der Waals surface area contributed by atoms with Crippen LogP contribution in [0.2, 0.25) is 0 Å². The van der Waals surface area contributed by atoms with Crippen LogP contribution in [0.25, 0.3) is 5.76 Å². The van der Waals surface area contributed by atoms with E-state index in [-0.39, 0.29) is 17.3 Å². The number of rotatable bonds is 10. The van der Waals surface area contributed by atoms with E-state index in [0.717, 1.165) is 36.1 Å². The molecule has 1 atom stereocenters. The molecule has 1 unspecified atom stereocenters. The van der Waals surface area contributed by atoms with Crippen molar-refractivity contribution in [2.45, 2.75) is 78.7 Å². The molecule has 2 aromatic carbocycles. The number of amides is 1. The SMILES string of the molecule is CCCCCN1C(=O)C(=O)/C(=C(\O)c2ccc(OCC)c(C(C)C)c2)C1c1ccc(C(C)C)cc1. The van der Waals surface area contributed by atoms with Crippen LogP contribution in [-0.2, 0) is 9.59 Å². The Bertz CT molecular complexity index is 1080. The standard InChI is InChI=1S/C30H39NO4/c1-7-9-10-17-31-27(22-13-11-21(12-14-22)19(3)4)26(29(33)30(31)34)28(32)23-15-16-25(35-8-2)24(18-23)20(5)6/h11-16,18-20,27,32H,7-10,17H2,1-6H3/b28-26-. The van der Waals surface area contributed by atoms with Gasteiger partial charge in [0.15, 0.2) is 0 Å². The third kappa shape index (κ3) is 5.61. The van der Waals surface area contributed by atoms with Gasteiger partial charge in [-0.05, 0) is 60.1 Å². The number of benzene rings is 2. The molecule has 0 aromatic heterocycles. The molecule has 5 nitrogen and oxygen atoms in total. The van der Waals surface area contributed by atoms with Crippen LogP contribution in [0.5, 0.6) is 5.75 Å². The van der Waals surface area contributed by atoms with Gasteiger partial charge in [-0.3, -0.25) is 9.59 Å². The molecule has 1 fully saturated rings. The van der Waals surface area contributed by atoms with Gasteiger partial charge in [-0.1, -0.05) is 71.7 Å². The average Bonchev–Trinajstić information content (AvgIpc) is 3.09. The topological polar surface area (TPSA) is 66.8 Å². The zero-order valence-electron chi connectivity index (χ0n) is 21.9. The molecule has 0 spiro atoms. The lowest BCUT2D eigenvalue weighted by molar-refractivity contribution is -0.139. The van der Waals surface area contributed by atoms with Crippen LogP contribution in [0.4, 0.5) is 0 Å². The number of aliphatic hydroxyl groups excluding tert-OH is 1. The second-order valence-corrected chi connectivity index (χ2v) is 9.86. The number of carbonyl (C=O) groups excluding carboxylic acids is 2. The van der Waals surface area contributed by atoms with Crippen LogP contribution >= 0.6 is 0 Å². The number of unbranched alkanes of at least 4 members (excludes halogenated alkanes) is 2. The molecule has 5 heteroatoms. The molecule has 1 saturated heterocycles. The molecule has 1 heterocycles. The maximum absolute atomic E-state index is 13.3. The van der Waals surface area contributed by atoms with E-state index >= 15 is 0 Å². The van der Waals surface area contributed by atoms with E-state index in [0.29, 0.717) is 24.6 Å². The molecule has 0 radical (unpaired) electrons. The van der Waals surface area contributed by atoms with E-state index in [2.05, 4.69) is 34.6 Å². The van der Waals surface area contributed by atoms with E-state index < -0.39 is 17.7 Å². The number of carbonyl (C=O) groups is 2. The summed E-state index contributed by atoms with van der Waals surface area (Å²) in [5.41, 5.74) is 3.65. The van der Waals surface area contributed by atoms with E-state index in [4.69, 9.17) is 4.74 Å². The third-order valence-corrected chi connectivity index (χ3v) is 6.67. The van der Waals surface area contributed by atoms with Gasteiger partial charge in [0, 0.05) is 12.1 Å². The van der Waals surface area contributed by atoms with Gasteiger partial charge in [-0.25, -0.2) is 0 Å². The molecule has 1 aliphatic rings. The van der Waals surface area contributed by atoms with Crippen LogP contribution < -0.4 is 4.74 Å². The van der Waals surface area contributed by atoms with E-state index in [1.807, 2.05) is 43.3 Å². The normalized spacial score (nSPS) is 17.6. The largest absolute Gasteiger partial charge is 0.507 e. The lowest BCUT2D eigenvalue weighted by Crippen LogP contribution is -2.30. The fourth-order valence-electron chi connectivity index (χ4n) is 4.64. The lowest BCUT2D eigenvalue weighted by atomic mass is 9.92. The summed E-state index contributed by atoms with van der Waals surface area (Å²) < 4.78 is 5.76. The molecular formula is C30H39NO4. The Kier molecular flexibility index (Phi) is 8.76. The van der Waals surface area contributed by atoms with Gasteiger partial charge >= 0.3 is 0 Å². The molecule has 0 aliphatic carbocycles. The number of nitrogens with zero attached hydrogens (tertiary/aromatic N) is 1. The number of ether oxygens (including phenoxy) is 1. The third-order valence-electron chi connectivity index (χ3n) is 6.67. The van der Waals surface area contributed by atoms with Gasteiger partial charge in [0.1, 0.15) is 11.5 Å². The van der Waals surface area contributed by atoms with Crippen molar-refractivity contribution in [3.63, 3.8) is 0 Å². The lowest BCUT2D eigenvalue weighted by Gasteiger charge is -2.26. The number of Topliss-reactive ketones (excluding diaryl/α,β-unsaturated/α-hetero) is 1. The van der Waals surface area contributed by atoms with Crippen LogP contribution in [0, 0.1) is 0 Å². The average molecular weight is 478 g/mol. The van der Waals surface area contributed by atoms with Crippen molar-refractivity contribution >= 4 is 17.4 Å². The van der Waals surface area contributed by atoms with Gasteiger partial charge in [-0.2, -0.15) is 0 Å². The number of hydrogen-bond donors (Lipinski definition) is 1. The molecule has 188 valence electrons. The second-order valence-electron chi connectivity index (χ2n) is 9.86. The molecule has 0 saturated carbocycles. The quantitative estimate of drug-likeness (QED) is 0.174.